The van der Waals surface area contributed by atoms with E-state index < -0.39 is 5.76 Å². The molecule has 2 heterocycles. The number of piperazine rings is 1. The summed E-state index contributed by atoms with van der Waals surface area (Å²) in [5.41, 5.74) is 3.69. The lowest BCUT2D eigenvalue weighted by Gasteiger charge is -2.36. The average molecular weight is 431 g/mol. The number of H-pyrrole nitrogens is 1. The quantitative estimate of drug-likeness (QED) is 0.624. The maximum absolute atomic E-state index is 12.4. The van der Waals surface area contributed by atoms with Crippen LogP contribution in [0.5, 0.6) is 0 Å². The second kappa shape index (κ2) is 8.91. The molecule has 1 amide bonds. The van der Waals surface area contributed by atoms with Gasteiger partial charge in [-0.05, 0) is 35.9 Å². The van der Waals surface area contributed by atoms with Crippen LogP contribution in [0.2, 0.25) is 5.02 Å². The molecule has 0 unspecified atom stereocenters. The van der Waals surface area contributed by atoms with Crippen LogP contribution in [0, 0.1) is 0 Å². The highest BCUT2D eigenvalue weighted by Crippen LogP contribution is 2.25. The van der Waals surface area contributed by atoms with Crippen LogP contribution in [0.25, 0.3) is 11.1 Å². The first-order valence-electron chi connectivity index (χ1n) is 9.69. The van der Waals surface area contributed by atoms with E-state index in [2.05, 4.69) is 26.2 Å². The normalized spacial score (nSPS) is 14.9. The fourth-order valence-corrected chi connectivity index (χ4v) is 3.79. The Labute approximate surface area is 178 Å². The molecule has 8 nitrogen and oxygen atoms in total. The molecule has 1 fully saturated rings. The zero-order valence-corrected chi connectivity index (χ0v) is 17.4. The van der Waals surface area contributed by atoms with E-state index in [-0.39, 0.29) is 5.91 Å². The lowest BCUT2D eigenvalue weighted by atomic mass is 10.1. The van der Waals surface area contributed by atoms with Crippen LogP contribution in [0.15, 0.2) is 45.6 Å². The van der Waals surface area contributed by atoms with Crippen molar-refractivity contribution < 1.29 is 13.9 Å². The number of nitrogens with zero attached hydrogens (tertiary/aromatic N) is 2. The molecule has 0 spiro atoms. The number of oxazole rings is 1. The predicted octanol–water partition coefficient (Wildman–Crippen LogP) is 2.68. The first kappa shape index (κ1) is 20.5. The Morgan fingerprint density at radius 1 is 1.20 bits per heavy atom. The number of ether oxygens (including phenoxy) is 1. The summed E-state index contributed by atoms with van der Waals surface area (Å²) in [4.78, 5) is 30.7. The molecular weight excluding hydrogens is 408 g/mol. The van der Waals surface area contributed by atoms with Gasteiger partial charge in [-0.3, -0.25) is 14.7 Å². The minimum Gasteiger partial charge on any atom is -0.408 e. The fraction of sp³-hybridized carbons (Fsp3) is 0.333. The Bertz CT molecular complexity index is 1100. The number of amides is 1. The van der Waals surface area contributed by atoms with Crippen LogP contribution in [0.3, 0.4) is 0 Å². The Morgan fingerprint density at radius 2 is 2.00 bits per heavy atom. The maximum atomic E-state index is 12.4. The average Bonchev–Trinajstić information content (AvgIpc) is 3.10. The summed E-state index contributed by atoms with van der Waals surface area (Å²) in [6, 6.07) is 11.1. The molecule has 0 saturated carbocycles. The molecule has 9 heteroatoms. The minimum absolute atomic E-state index is 0.102. The minimum atomic E-state index is -0.513. The van der Waals surface area contributed by atoms with Gasteiger partial charge in [0.1, 0.15) is 0 Å². The van der Waals surface area contributed by atoms with E-state index in [0.717, 1.165) is 37.4 Å². The number of carbonyl (C=O) groups is 1. The number of rotatable bonds is 6. The summed E-state index contributed by atoms with van der Waals surface area (Å²) in [7, 11) is 1.65. The van der Waals surface area contributed by atoms with Crippen molar-refractivity contribution >= 4 is 40.0 Å². The number of benzene rings is 2. The number of anilines is 2. The Kier molecular flexibility index (Phi) is 6.08. The van der Waals surface area contributed by atoms with E-state index in [1.807, 2.05) is 12.1 Å². The van der Waals surface area contributed by atoms with Crippen molar-refractivity contribution in [1.82, 2.24) is 9.88 Å². The zero-order chi connectivity index (χ0) is 21.1. The highest BCUT2D eigenvalue weighted by atomic mass is 35.5. The van der Waals surface area contributed by atoms with Gasteiger partial charge in [0.2, 0.25) is 5.91 Å². The fourth-order valence-electron chi connectivity index (χ4n) is 3.61. The van der Waals surface area contributed by atoms with E-state index in [4.69, 9.17) is 20.8 Å². The molecule has 1 aliphatic heterocycles. The lowest BCUT2D eigenvalue weighted by Crippen LogP contribution is -2.48. The smallest absolute Gasteiger partial charge is 0.408 e. The van der Waals surface area contributed by atoms with Crippen molar-refractivity contribution in [2.24, 2.45) is 0 Å². The number of methoxy groups -OCH3 is 1. The summed E-state index contributed by atoms with van der Waals surface area (Å²) in [5, 5.41) is 3.56. The summed E-state index contributed by atoms with van der Waals surface area (Å²) >= 11 is 6.22. The molecule has 0 aliphatic carbocycles. The monoisotopic (exact) mass is 430 g/mol. The van der Waals surface area contributed by atoms with Crippen LogP contribution in [-0.4, -0.2) is 55.6 Å². The van der Waals surface area contributed by atoms with Gasteiger partial charge < -0.3 is 19.4 Å². The highest BCUT2D eigenvalue weighted by molar-refractivity contribution is 6.31. The SMILES string of the molecule is COCc1cc(N2CCN(CC(=O)Nc3ccc4[nH]c(=O)oc4c3)CC2)ccc1Cl. The molecule has 1 aliphatic rings. The molecule has 1 saturated heterocycles. The van der Waals surface area contributed by atoms with E-state index >= 15 is 0 Å². The van der Waals surface area contributed by atoms with Gasteiger partial charge in [-0.2, -0.15) is 0 Å². The standard InChI is InChI=1S/C21H23ClN4O4/c1-29-13-14-10-16(3-4-17(14)22)26-8-6-25(7-9-26)12-20(27)23-15-2-5-18-19(11-15)30-21(28)24-18/h2-5,10-11H,6-9,12-13H2,1H3,(H,23,27)(H,24,28). The molecule has 30 heavy (non-hydrogen) atoms. The number of aromatic amines is 1. The maximum Gasteiger partial charge on any atom is 0.417 e. The molecular formula is C21H23ClN4O4. The van der Waals surface area contributed by atoms with Gasteiger partial charge in [0.15, 0.2) is 5.58 Å². The summed E-state index contributed by atoms with van der Waals surface area (Å²) in [6.07, 6.45) is 0. The van der Waals surface area contributed by atoms with Crippen molar-refractivity contribution in [3.63, 3.8) is 0 Å². The lowest BCUT2D eigenvalue weighted by molar-refractivity contribution is -0.117. The van der Waals surface area contributed by atoms with Gasteiger partial charge in [0.05, 0.1) is 18.7 Å². The Morgan fingerprint density at radius 3 is 2.77 bits per heavy atom. The van der Waals surface area contributed by atoms with Crippen molar-refractivity contribution in [3.8, 4) is 0 Å². The number of nitrogens with one attached hydrogen (secondary N) is 2. The van der Waals surface area contributed by atoms with E-state index in [1.54, 1.807) is 25.3 Å². The van der Waals surface area contributed by atoms with Gasteiger partial charge in [0, 0.05) is 55.8 Å². The van der Waals surface area contributed by atoms with Crippen molar-refractivity contribution in [1.29, 1.82) is 0 Å². The molecule has 0 bridgehead atoms. The van der Waals surface area contributed by atoms with Crippen LogP contribution in [0.1, 0.15) is 5.56 Å². The third-order valence-corrected chi connectivity index (χ3v) is 5.51. The third kappa shape index (κ3) is 4.67. The topological polar surface area (TPSA) is 90.8 Å². The van der Waals surface area contributed by atoms with Crippen molar-refractivity contribution in [2.45, 2.75) is 6.61 Å². The first-order valence-corrected chi connectivity index (χ1v) is 10.1. The van der Waals surface area contributed by atoms with Gasteiger partial charge in [0.25, 0.3) is 0 Å². The van der Waals surface area contributed by atoms with Crippen LogP contribution in [0.4, 0.5) is 11.4 Å². The number of hydrogen-bond donors (Lipinski definition) is 2. The zero-order valence-electron chi connectivity index (χ0n) is 16.6. The third-order valence-electron chi connectivity index (χ3n) is 5.14. The Balaban J connectivity index is 1.31. The molecule has 2 N–H and O–H groups in total. The largest absolute Gasteiger partial charge is 0.417 e. The molecule has 158 valence electrons. The molecule has 4 rings (SSSR count). The second-order valence-corrected chi connectivity index (χ2v) is 7.65. The Hall–Kier alpha value is -2.81. The molecule has 0 atom stereocenters. The second-order valence-electron chi connectivity index (χ2n) is 7.25. The molecule has 1 aromatic heterocycles. The predicted molar refractivity (Wildman–Crippen MR) is 116 cm³/mol. The van der Waals surface area contributed by atoms with Gasteiger partial charge >= 0.3 is 5.76 Å². The first-order chi connectivity index (χ1) is 14.5. The molecule has 0 radical (unpaired) electrons. The van der Waals surface area contributed by atoms with E-state index in [0.29, 0.717) is 35.0 Å². The molecule has 2 aromatic carbocycles. The summed E-state index contributed by atoms with van der Waals surface area (Å²) in [6.45, 7) is 3.98. The highest BCUT2D eigenvalue weighted by Gasteiger charge is 2.20. The van der Waals surface area contributed by atoms with E-state index in [9.17, 15) is 9.59 Å². The summed E-state index contributed by atoms with van der Waals surface area (Å²) in [5.74, 6) is -0.615. The van der Waals surface area contributed by atoms with Gasteiger partial charge in [-0.25, -0.2) is 4.79 Å². The van der Waals surface area contributed by atoms with Crippen molar-refractivity contribution in [2.75, 3.05) is 50.1 Å². The number of carbonyl (C=O) groups excluding carboxylic acids is 1. The van der Waals surface area contributed by atoms with Gasteiger partial charge in [-0.15, -0.1) is 0 Å². The van der Waals surface area contributed by atoms with E-state index in [1.165, 1.54) is 0 Å². The van der Waals surface area contributed by atoms with Crippen LogP contribution >= 0.6 is 11.6 Å². The van der Waals surface area contributed by atoms with Crippen LogP contribution in [-0.2, 0) is 16.1 Å². The number of aromatic nitrogens is 1. The summed E-state index contributed by atoms with van der Waals surface area (Å²) < 4.78 is 10.2. The number of fused-ring (bicyclic) bond motifs is 1. The van der Waals surface area contributed by atoms with Crippen molar-refractivity contribution in [3.05, 3.63) is 57.5 Å². The molecule has 3 aromatic rings. The van der Waals surface area contributed by atoms with Crippen LogP contribution < -0.4 is 16.0 Å². The number of halogens is 1. The van der Waals surface area contributed by atoms with Gasteiger partial charge in [-0.1, -0.05) is 11.6 Å². The number of hydrogen-bond acceptors (Lipinski definition) is 6.